The number of aromatic nitrogens is 1. The van der Waals surface area contributed by atoms with Gasteiger partial charge in [0.2, 0.25) is 0 Å². The average molecular weight is 359 g/mol. The van der Waals surface area contributed by atoms with E-state index in [1.165, 1.54) is 6.07 Å². The van der Waals surface area contributed by atoms with Gasteiger partial charge in [-0.3, -0.25) is 14.6 Å². The molecule has 0 N–H and O–H groups in total. The van der Waals surface area contributed by atoms with E-state index in [1.54, 1.807) is 23.8 Å². The molecule has 0 unspecified atom stereocenters. The second-order valence-corrected chi connectivity index (χ2v) is 6.71. The number of hydrogen-bond donors (Lipinski definition) is 0. The first-order valence-corrected chi connectivity index (χ1v) is 9.02. The van der Waals surface area contributed by atoms with Crippen molar-refractivity contribution in [3.63, 3.8) is 0 Å². The highest BCUT2D eigenvalue weighted by molar-refractivity contribution is 5.17. The van der Waals surface area contributed by atoms with E-state index in [0.717, 1.165) is 43.9 Å². The zero-order chi connectivity index (χ0) is 18.4. The third kappa shape index (κ3) is 5.00. The molecule has 0 spiro atoms. The first-order valence-electron chi connectivity index (χ1n) is 9.02. The molecule has 1 aliphatic heterocycles. The molecule has 0 bridgehead atoms. The van der Waals surface area contributed by atoms with E-state index < -0.39 is 0 Å². The first kappa shape index (κ1) is 18.8. The number of methoxy groups -OCH3 is 1. The molecule has 3 rings (SSSR count). The first-order chi connectivity index (χ1) is 12.7. The standard InChI is InChI=1S/C20H26FN3O2/c1-26-13-12-24-15-17(6-7-20(24)25)14-22-8-10-23(11-9-22)16-18-4-2-3-5-19(18)21/h2-7,15H,8-14,16H2,1H3. The summed E-state index contributed by atoms with van der Waals surface area (Å²) in [5.41, 5.74) is 1.88. The molecule has 6 heteroatoms. The molecular formula is C20H26FN3O2. The summed E-state index contributed by atoms with van der Waals surface area (Å²) in [7, 11) is 1.63. The third-order valence-corrected chi connectivity index (χ3v) is 4.80. The predicted molar refractivity (Wildman–Crippen MR) is 99.5 cm³/mol. The molecule has 5 nitrogen and oxygen atoms in total. The van der Waals surface area contributed by atoms with Crippen LogP contribution >= 0.6 is 0 Å². The van der Waals surface area contributed by atoms with Crippen LogP contribution in [0, 0.1) is 5.82 Å². The van der Waals surface area contributed by atoms with Gasteiger partial charge in [-0.05, 0) is 11.6 Å². The van der Waals surface area contributed by atoms with Crippen molar-refractivity contribution in [1.29, 1.82) is 0 Å². The lowest BCUT2D eigenvalue weighted by molar-refractivity contribution is 0.121. The number of hydrogen-bond acceptors (Lipinski definition) is 4. The summed E-state index contributed by atoms with van der Waals surface area (Å²) in [5.74, 6) is -0.131. The number of nitrogens with zero attached hydrogens (tertiary/aromatic N) is 3. The fraction of sp³-hybridized carbons (Fsp3) is 0.450. The van der Waals surface area contributed by atoms with Gasteiger partial charge in [0.1, 0.15) is 5.82 Å². The van der Waals surface area contributed by atoms with Crippen LogP contribution in [0.1, 0.15) is 11.1 Å². The summed E-state index contributed by atoms with van der Waals surface area (Å²) >= 11 is 0. The van der Waals surface area contributed by atoms with Gasteiger partial charge >= 0.3 is 0 Å². The van der Waals surface area contributed by atoms with Gasteiger partial charge in [0.25, 0.3) is 5.56 Å². The van der Waals surface area contributed by atoms with E-state index in [-0.39, 0.29) is 11.4 Å². The molecule has 1 aromatic carbocycles. The Morgan fingerprint density at radius 1 is 1.00 bits per heavy atom. The largest absolute Gasteiger partial charge is 0.383 e. The summed E-state index contributed by atoms with van der Waals surface area (Å²) in [5, 5.41) is 0. The van der Waals surface area contributed by atoms with Crippen LogP contribution in [0.4, 0.5) is 4.39 Å². The van der Waals surface area contributed by atoms with E-state index >= 15 is 0 Å². The van der Waals surface area contributed by atoms with E-state index in [9.17, 15) is 9.18 Å². The molecule has 0 radical (unpaired) electrons. The zero-order valence-corrected chi connectivity index (χ0v) is 15.2. The highest BCUT2D eigenvalue weighted by Crippen LogP contribution is 2.13. The van der Waals surface area contributed by atoms with Crippen LogP contribution in [0.2, 0.25) is 0 Å². The number of piperazine rings is 1. The normalized spacial score (nSPS) is 16.1. The Balaban J connectivity index is 1.52. The summed E-state index contributed by atoms with van der Waals surface area (Å²) in [4.78, 5) is 16.5. The van der Waals surface area contributed by atoms with Crippen molar-refractivity contribution in [3.8, 4) is 0 Å². The van der Waals surface area contributed by atoms with Crippen LogP contribution < -0.4 is 5.56 Å². The average Bonchev–Trinajstić information content (AvgIpc) is 2.65. The number of ether oxygens (including phenoxy) is 1. The SMILES string of the molecule is COCCn1cc(CN2CCN(Cc3ccccc3F)CC2)ccc1=O. The molecule has 0 amide bonds. The number of halogens is 1. The van der Waals surface area contributed by atoms with E-state index in [1.807, 2.05) is 24.4 Å². The molecule has 1 aromatic heterocycles. The Labute approximate surface area is 153 Å². The van der Waals surface area contributed by atoms with Crippen LogP contribution in [0.25, 0.3) is 0 Å². The molecule has 140 valence electrons. The molecule has 1 fully saturated rings. The Bertz CT molecular complexity index is 770. The molecule has 0 aliphatic carbocycles. The van der Waals surface area contributed by atoms with Gasteiger partial charge in [0.15, 0.2) is 0 Å². The Morgan fingerprint density at radius 3 is 2.38 bits per heavy atom. The lowest BCUT2D eigenvalue weighted by Crippen LogP contribution is -2.45. The van der Waals surface area contributed by atoms with Gasteiger partial charge in [-0.25, -0.2) is 4.39 Å². The van der Waals surface area contributed by atoms with E-state index in [2.05, 4.69) is 9.80 Å². The number of benzene rings is 1. The van der Waals surface area contributed by atoms with Crippen molar-refractivity contribution in [2.75, 3.05) is 39.9 Å². The highest BCUT2D eigenvalue weighted by atomic mass is 19.1. The van der Waals surface area contributed by atoms with Crippen molar-refractivity contribution in [2.45, 2.75) is 19.6 Å². The van der Waals surface area contributed by atoms with Crippen molar-refractivity contribution in [2.24, 2.45) is 0 Å². The summed E-state index contributed by atoms with van der Waals surface area (Å²) < 4.78 is 20.6. The maximum Gasteiger partial charge on any atom is 0.250 e. The quantitative estimate of drug-likeness (QED) is 0.757. The smallest absolute Gasteiger partial charge is 0.250 e. The number of rotatable bonds is 7. The van der Waals surface area contributed by atoms with Gasteiger partial charge < -0.3 is 9.30 Å². The van der Waals surface area contributed by atoms with Crippen molar-refractivity contribution in [3.05, 3.63) is 69.9 Å². The van der Waals surface area contributed by atoms with Gasteiger partial charge in [0, 0.05) is 70.7 Å². The van der Waals surface area contributed by atoms with Crippen LogP contribution in [-0.4, -0.2) is 54.3 Å². The Kier molecular flexibility index (Phi) is 6.55. The minimum atomic E-state index is -0.131. The third-order valence-electron chi connectivity index (χ3n) is 4.80. The molecule has 2 heterocycles. The Hall–Kier alpha value is -2.02. The van der Waals surface area contributed by atoms with Crippen molar-refractivity contribution < 1.29 is 9.13 Å². The minimum Gasteiger partial charge on any atom is -0.383 e. The maximum atomic E-state index is 13.8. The second-order valence-electron chi connectivity index (χ2n) is 6.71. The fourth-order valence-corrected chi connectivity index (χ4v) is 3.27. The van der Waals surface area contributed by atoms with Crippen molar-refractivity contribution in [1.82, 2.24) is 14.4 Å². The summed E-state index contributed by atoms with van der Waals surface area (Å²) in [6.45, 7) is 6.27. The lowest BCUT2D eigenvalue weighted by Gasteiger charge is -2.34. The molecular weight excluding hydrogens is 333 g/mol. The summed E-state index contributed by atoms with van der Waals surface area (Å²) in [6, 6.07) is 10.5. The van der Waals surface area contributed by atoms with E-state index in [0.29, 0.717) is 19.7 Å². The molecule has 1 saturated heterocycles. The molecule has 1 aliphatic rings. The number of pyridine rings is 1. The minimum absolute atomic E-state index is 0.000469. The van der Waals surface area contributed by atoms with Gasteiger partial charge in [0.05, 0.1) is 6.61 Å². The fourth-order valence-electron chi connectivity index (χ4n) is 3.27. The molecule has 0 saturated carbocycles. The van der Waals surface area contributed by atoms with Crippen LogP contribution in [-0.2, 0) is 24.4 Å². The highest BCUT2D eigenvalue weighted by Gasteiger charge is 2.18. The molecule has 26 heavy (non-hydrogen) atoms. The van der Waals surface area contributed by atoms with Gasteiger partial charge in [-0.1, -0.05) is 24.3 Å². The Morgan fingerprint density at radius 2 is 1.69 bits per heavy atom. The van der Waals surface area contributed by atoms with Crippen LogP contribution in [0.5, 0.6) is 0 Å². The zero-order valence-electron chi connectivity index (χ0n) is 15.2. The maximum absolute atomic E-state index is 13.8. The van der Waals surface area contributed by atoms with Crippen molar-refractivity contribution >= 4 is 0 Å². The lowest BCUT2D eigenvalue weighted by atomic mass is 10.1. The second kappa shape index (κ2) is 9.07. The van der Waals surface area contributed by atoms with Crippen LogP contribution in [0.3, 0.4) is 0 Å². The molecule has 2 aromatic rings. The predicted octanol–water partition coefficient (Wildman–Crippen LogP) is 1.95. The van der Waals surface area contributed by atoms with Gasteiger partial charge in [-0.2, -0.15) is 0 Å². The van der Waals surface area contributed by atoms with Crippen LogP contribution in [0.15, 0.2) is 47.4 Å². The van der Waals surface area contributed by atoms with E-state index in [4.69, 9.17) is 4.74 Å². The van der Waals surface area contributed by atoms with Gasteiger partial charge in [-0.15, -0.1) is 0 Å². The monoisotopic (exact) mass is 359 g/mol. The summed E-state index contributed by atoms with van der Waals surface area (Å²) in [6.07, 6.45) is 1.92. The topological polar surface area (TPSA) is 37.7 Å². The molecule has 0 atom stereocenters.